The van der Waals surface area contributed by atoms with Crippen molar-refractivity contribution >= 4 is 18.4 Å². The Bertz CT molecular complexity index is 842. The quantitative estimate of drug-likeness (QED) is 0.471. The highest BCUT2D eigenvalue weighted by molar-refractivity contribution is 7.05. The van der Waals surface area contributed by atoms with Crippen LogP contribution in [0.3, 0.4) is 0 Å². The number of hydrogen-bond donors (Lipinski definition) is 1. The minimum absolute atomic E-state index is 0.0415. The van der Waals surface area contributed by atoms with Gasteiger partial charge >= 0.3 is 0 Å². The molecule has 3 rings (SSSR count). The third kappa shape index (κ3) is 3.50. The van der Waals surface area contributed by atoms with Crippen molar-refractivity contribution < 1.29 is 5.11 Å². The van der Waals surface area contributed by atoms with Crippen LogP contribution in [0.5, 0.6) is 0 Å². The highest BCUT2D eigenvalue weighted by Gasteiger charge is 2.55. The summed E-state index contributed by atoms with van der Waals surface area (Å²) in [6, 6.07) is 32.1. The van der Waals surface area contributed by atoms with Crippen LogP contribution >= 0.6 is 0 Å². The first kappa shape index (κ1) is 20.3. The van der Waals surface area contributed by atoms with Crippen molar-refractivity contribution in [3.8, 4) is 0 Å². The van der Waals surface area contributed by atoms with Gasteiger partial charge < -0.3 is 5.11 Å². The number of aliphatic hydroxyl groups is 1. The van der Waals surface area contributed by atoms with Gasteiger partial charge in [0, 0.05) is 5.54 Å². The lowest BCUT2D eigenvalue weighted by Crippen LogP contribution is -2.70. The zero-order valence-electron chi connectivity index (χ0n) is 17.0. The first-order valence-electron chi connectivity index (χ1n) is 9.89. The molecule has 28 heavy (non-hydrogen) atoms. The van der Waals surface area contributed by atoms with E-state index in [0.29, 0.717) is 0 Å². The molecule has 0 spiro atoms. The molecule has 3 aromatic carbocycles. The van der Waals surface area contributed by atoms with Gasteiger partial charge in [0.1, 0.15) is 8.07 Å². The van der Waals surface area contributed by atoms with Gasteiger partial charge in [-0.2, -0.15) is 0 Å². The summed E-state index contributed by atoms with van der Waals surface area (Å²) >= 11 is 0. The van der Waals surface area contributed by atoms with E-state index >= 15 is 0 Å². The molecule has 0 aliphatic heterocycles. The van der Waals surface area contributed by atoms with Gasteiger partial charge in [-0.3, -0.25) is 0 Å². The Labute approximate surface area is 170 Å². The summed E-state index contributed by atoms with van der Waals surface area (Å²) in [6.07, 6.45) is 1.07. The van der Waals surface area contributed by atoms with Crippen molar-refractivity contribution in [3.63, 3.8) is 0 Å². The zero-order valence-corrected chi connectivity index (χ0v) is 18.0. The van der Waals surface area contributed by atoms with Gasteiger partial charge in [-0.25, -0.2) is 0 Å². The van der Waals surface area contributed by atoms with E-state index < -0.39 is 14.2 Å². The summed E-state index contributed by atoms with van der Waals surface area (Å²) in [4.78, 5) is 0. The molecule has 0 saturated carbocycles. The number of aliphatic hydroxyl groups excluding tert-OH is 1. The number of benzene rings is 3. The molecule has 0 radical (unpaired) electrons. The normalized spacial score (nSPS) is 14.3. The van der Waals surface area contributed by atoms with Crippen LogP contribution in [0.25, 0.3) is 0 Å². The maximum atomic E-state index is 11.3. The molecule has 0 aliphatic carbocycles. The lowest BCUT2D eigenvalue weighted by Gasteiger charge is -2.50. The average Bonchev–Trinajstić information content (AvgIpc) is 2.72. The Balaban J connectivity index is 2.45. The molecule has 0 heterocycles. The van der Waals surface area contributed by atoms with Gasteiger partial charge in [-0.1, -0.05) is 128 Å². The first-order valence-corrected chi connectivity index (χ1v) is 12.0. The summed E-state index contributed by atoms with van der Waals surface area (Å²) in [5.41, 5.74) is 1.13. The molecule has 0 aromatic heterocycles. The van der Waals surface area contributed by atoms with E-state index in [0.717, 1.165) is 0 Å². The molecule has 0 aliphatic rings. The summed E-state index contributed by atoms with van der Waals surface area (Å²) in [5, 5.41) is 13.9. The van der Waals surface area contributed by atoms with E-state index in [1.54, 1.807) is 6.08 Å². The van der Waals surface area contributed by atoms with Gasteiger partial charge in [-0.05, 0) is 10.6 Å². The summed E-state index contributed by atoms with van der Waals surface area (Å²) in [7, 11) is -2.52. The van der Waals surface area contributed by atoms with Gasteiger partial charge in [0.25, 0.3) is 0 Å². The fourth-order valence-electron chi connectivity index (χ4n) is 4.76. The molecule has 3 aromatic rings. The number of rotatable bonds is 6. The predicted octanol–water partition coefficient (Wildman–Crippen LogP) is 4.92. The van der Waals surface area contributed by atoms with Crippen LogP contribution in [0.1, 0.15) is 31.9 Å². The molecule has 1 N–H and O–H groups in total. The summed E-state index contributed by atoms with van der Waals surface area (Å²) < 4.78 is 0. The molecule has 0 amide bonds. The van der Waals surface area contributed by atoms with Crippen LogP contribution in [0.4, 0.5) is 0 Å². The standard InChI is InChI=1S/C26H30OSi/c1-5-24(27)25(21-15-9-6-10-16-21)28(26(2,3)4,22-17-11-7-12-18-22)23-19-13-8-14-20-23/h5-20,24-25,27H,1H2,2-4H3/t24-,25+/m1/s1. The average molecular weight is 387 g/mol. The van der Waals surface area contributed by atoms with Crippen LogP contribution in [0.2, 0.25) is 5.04 Å². The van der Waals surface area contributed by atoms with E-state index in [1.165, 1.54) is 15.9 Å². The topological polar surface area (TPSA) is 20.2 Å². The largest absolute Gasteiger partial charge is 0.389 e. The summed E-state index contributed by atoms with van der Waals surface area (Å²) in [6.45, 7) is 10.9. The molecule has 2 atom stereocenters. The Hall–Kier alpha value is -2.42. The van der Waals surface area contributed by atoms with E-state index in [2.05, 4.69) is 112 Å². The molecule has 0 fully saturated rings. The van der Waals surface area contributed by atoms with Gasteiger partial charge in [0.2, 0.25) is 0 Å². The number of hydrogen-bond acceptors (Lipinski definition) is 1. The van der Waals surface area contributed by atoms with Crippen LogP contribution in [-0.4, -0.2) is 19.3 Å². The highest BCUT2D eigenvalue weighted by atomic mass is 28.3. The Morgan fingerprint density at radius 2 is 1.14 bits per heavy atom. The lowest BCUT2D eigenvalue weighted by molar-refractivity contribution is 0.213. The Kier molecular flexibility index (Phi) is 6.02. The molecule has 0 bridgehead atoms. The van der Waals surface area contributed by atoms with Crippen LogP contribution in [0, 0.1) is 0 Å². The molecule has 1 nitrogen and oxygen atoms in total. The molecule has 144 valence electrons. The first-order chi connectivity index (χ1) is 13.4. The zero-order chi connectivity index (χ0) is 20.2. The second-order valence-corrected chi connectivity index (χ2v) is 13.3. The highest BCUT2D eigenvalue weighted by Crippen LogP contribution is 2.46. The third-order valence-corrected chi connectivity index (χ3v) is 12.3. The van der Waals surface area contributed by atoms with E-state index in [9.17, 15) is 5.11 Å². The molecule has 0 saturated heterocycles. The monoisotopic (exact) mass is 386 g/mol. The van der Waals surface area contributed by atoms with Crippen LogP contribution in [-0.2, 0) is 0 Å². The minimum Gasteiger partial charge on any atom is -0.389 e. The van der Waals surface area contributed by atoms with Crippen molar-refractivity contribution in [1.29, 1.82) is 0 Å². The molecular formula is C26H30OSi. The van der Waals surface area contributed by atoms with Crippen molar-refractivity contribution in [2.45, 2.75) is 37.5 Å². The van der Waals surface area contributed by atoms with Crippen molar-refractivity contribution in [1.82, 2.24) is 0 Å². The van der Waals surface area contributed by atoms with Crippen molar-refractivity contribution in [2.24, 2.45) is 0 Å². The van der Waals surface area contributed by atoms with Gasteiger partial charge in [0.05, 0.1) is 6.10 Å². The fraction of sp³-hybridized carbons (Fsp3) is 0.231. The molecule has 2 heteroatoms. The molecule has 0 unspecified atom stereocenters. The third-order valence-electron chi connectivity index (χ3n) is 5.85. The summed E-state index contributed by atoms with van der Waals surface area (Å²) in [5.74, 6) is 0. The molecular weight excluding hydrogens is 356 g/mol. The second-order valence-electron chi connectivity index (χ2n) is 8.40. The van der Waals surface area contributed by atoms with Crippen LogP contribution < -0.4 is 10.4 Å². The SMILES string of the molecule is C=C[C@@H](O)[C@H](c1ccccc1)[Si](c1ccccc1)(c1ccccc1)C(C)(C)C. The van der Waals surface area contributed by atoms with Crippen molar-refractivity contribution in [2.75, 3.05) is 0 Å². The Morgan fingerprint density at radius 3 is 1.50 bits per heavy atom. The van der Waals surface area contributed by atoms with Gasteiger partial charge in [0.15, 0.2) is 0 Å². The Morgan fingerprint density at radius 1 is 0.750 bits per heavy atom. The van der Waals surface area contributed by atoms with E-state index in [-0.39, 0.29) is 10.6 Å². The predicted molar refractivity (Wildman–Crippen MR) is 123 cm³/mol. The minimum atomic E-state index is -2.52. The second kappa shape index (κ2) is 8.30. The van der Waals surface area contributed by atoms with E-state index in [1.807, 2.05) is 6.07 Å². The van der Waals surface area contributed by atoms with E-state index in [4.69, 9.17) is 0 Å². The lowest BCUT2D eigenvalue weighted by atomic mass is 10.1. The smallest absolute Gasteiger partial charge is 0.133 e. The van der Waals surface area contributed by atoms with Gasteiger partial charge in [-0.15, -0.1) is 6.58 Å². The fourth-order valence-corrected chi connectivity index (χ4v) is 11.3. The maximum absolute atomic E-state index is 11.3. The maximum Gasteiger partial charge on any atom is 0.133 e. The van der Waals surface area contributed by atoms with Crippen LogP contribution in [0.15, 0.2) is 104 Å². The van der Waals surface area contributed by atoms with Crippen molar-refractivity contribution in [3.05, 3.63) is 109 Å².